The molecule has 0 spiro atoms. The standard InChI is InChI=1S/C19H37N7O5S/c1-10(2)14(26-15(27)12(20)6-5-8-23-19(21)22)17(29)25-13(7-9-32-4)16(28)24-11(3)18(30)31/h10-14H,5-9,20H2,1-4H3,(H,24,28)(H,25,29)(H,26,27)(H,30,31)(H4,21,22,23). The van der Waals surface area contributed by atoms with Gasteiger partial charge in [0.2, 0.25) is 17.7 Å². The maximum atomic E-state index is 12.9. The lowest BCUT2D eigenvalue weighted by Gasteiger charge is -2.26. The van der Waals surface area contributed by atoms with Crippen molar-refractivity contribution in [2.75, 3.05) is 18.6 Å². The highest BCUT2D eigenvalue weighted by molar-refractivity contribution is 7.98. The van der Waals surface area contributed by atoms with Gasteiger partial charge in [-0.05, 0) is 44.1 Å². The molecule has 12 nitrogen and oxygen atoms in total. The molecule has 0 aromatic carbocycles. The molecule has 10 N–H and O–H groups in total. The lowest BCUT2D eigenvalue weighted by atomic mass is 10.0. The predicted molar refractivity (Wildman–Crippen MR) is 125 cm³/mol. The molecule has 0 radical (unpaired) electrons. The van der Waals surface area contributed by atoms with Crippen LogP contribution in [0.4, 0.5) is 0 Å². The summed E-state index contributed by atoms with van der Waals surface area (Å²) in [6, 6.07) is -3.82. The molecule has 0 rings (SSSR count). The third-order valence-electron chi connectivity index (χ3n) is 4.52. The van der Waals surface area contributed by atoms with Crippen molar-refractivity contribution >= 4 is 41.4 Å². The largest absolute Gasteiger partial charge is 0.480 e. The van der Waals surface area contributed by atoms with Gasteiger partial charge in [-0.2, -0.15) is 11.8 Å². The van der Waals surface area contributed by atoms with Crippen molar-refractivity contribution in [2.45, 2.75) is 64.2 Å². The van der Waals surface area contributed by atoms with Gasteiger partial charge in [-0.1, -0.05) is 13.8 Å². The fourth-order valence-electron chi connectivity index (χ4n) is 2.59. The number of aliphatic imine (C=N–C) groups is 1. The third-order valence-corrected chi connectivity index (χ3v) is 5.17. The molecule has 32 heavy (non-hydrogen) atoms. The van der Waals surface area contributed by atoms with Crippen molar-refractivity contribution < 1.29 is 24.3 Å². The zero-order chi connectivity index (χ0) is 24.8. The van der Waals surface area contributed by atoms with E-state index < -0.39 is 47.9 Å². The van der Waals surface area contributed by atoms with Crippen LogP contribution in [-0.2, 0) is 19.2 Å². The van der Waals surface area contributed by atoms with Gasteiger partial charge in [0, 0.05) is 6.54 Å². The summed E-state index contributed by atoms with van der Waals surface area (Å²) in [6.45, 7) is 5.16. The number of aliphatic carboxylic acids is 1. The van der Waals surface area contributed by atoms with Gasteiger partial charge in [0.1, 0.15) is 18.1 Å². The number of hydrogen-bond donors (Lipinski definition) is 7. The Morgan fingerprint density at radius 1 is 0.969 bits per heavy atom. The summed E-state index contributed by atoms with van der Waals surface area (Å²) in [4.78, 5) is 52.6. The van der Waals surface area contributed by atoms with E-state index in [2.05, 4.69) is 20.9 Å². The average Bonchev–Trinajstić information content (AvgIpc) is 2.70. The van der Waals surface area contributed by atoms with Crippen molar-refractivity contribution in [3.8, 4) is 0 Å². The number of rotatable bonds is 15. The van der Waals surface area contributed by atoms with Gasteiger partial charge in [0.15, 0.2) is 5.96 Å². The molecule has 3 amide bonds. The molecule has 0 aromatic heterocycles. The summed E-state index contributed by atoms with van der Waals surface area (Å²) < 4.78 is 0. The molecule has 4 unspecified atom stereocenters. The minimum atomic E-state index is -1.19. The molecule has 184 valence electrons. The fraction of sp³-hybridized carbons (Fsp3) is 0.737. The molecule has 0 aliphatic carbocycles. The van der Waals surface area contributed by atoms with E-state index in [1.54, 1.807) is 13.8 Å². The van der Waals surface area contributed by atoms with Gasteiger partial charge in [-0.3, -0.25) is 24.2 Å². The Bertz CT molecular complexity index is 670. The van der Waals surface area contributed by atoms with Crippen LogP contribution >= 0.6 is 11.8 Å². The second-order valence-electron chi connectivity index (χ2n) is 7.70. The van der Waals surface area contributed by atoms with E-state index in [9.17, 15) is 19.2 Å². The molecule has 0 fully saturated rings. The Kier molecular flexibility index (Phi) is 14.1. The normalized spacial score (nSPS) is 14.6. The first-order chi connectivity index (χ1) is 14.9. The second kappa shape index (κ2) is 15.3. The van der Waals surface area contributed by atoms with Gasteiger partial charge in [-0.25, -0.2) is 0 Å². The number of nitrogens with one attached hydrogen (secondary N) is 3. The van der Waals surface area contributed by atoms with Gasteiger partial charge < -0.3 is 38.3 Å². The number of amides is 3. The van der Waals surface area contributed by atoms with E-state index in [-0.39, 0.29) is 11.9 Å². The Labute approximate surface area is 192 Å². The number of carbonyl (C=O) groups is 4. The van der Waals surface area contributed by atoms with Crippen molar-refractivity contribution in [1.29, 1.82) is 0 Å². The quantitative estimate of drug-likeness (QED) is 0.0817. The van der Waals surface area contributed by atoms with E-state index in [0.717, 1.165) is 0 Å². The SMILES string of the molecule is CSCCC(NC(=O)C(NC(=O)C(N)CCCN=C(N)N)C(C)C)C(=O)NC(C)C(=O)O. The minimum Gasteiger partial charge on any atom is -0.480 e. The maximum absolute atomic E-state index is 12.9. The monoisotopic (exact) mass is 475 g/mol. The van der Waals surface area contributed by atoms with Crippen LogP contribution in [0.3, 0.4) is 0 Å². The van der Waals surface area contributed by atoms with Gasteiger partial charge >= 0.3 is 5.97 Å². The smallest absolute Gasteiger partial charge is 0.325 e. The fourth-order valence-corrected chi connectivity index (χ4v) is 3.06. The van der Waals surface area contributed by atoms with Crippen LogP contribution < -0.4 is 33.2 Å². The number of nitrogens with two attached hydrogens (primary N) is 3. The second-order valence-corrected chi connectivity index (χ2v) is 8.68. The summed E-state index contributed by atoms with van der Waals surface area (Å²) in [5.41, 5.74) is 16.4. The van der Waals surface area contributed by atoms with Gasteiger partial charge in [0.05, 0.1) is 6.04 Å². The number of carboxylic acid groups (broad SMARTS) is 1. The van der Waals surface area contributed by atoms with E-state index in [1.165, 1.54) is 18.7 Å². The highest BCUT2D eigenvalue weighted by atomic mass is 32.2. The Morgan fingerprint density at radius 3 is 2.09 bits per heavy atom. The van der Waals surface area contributed by atoms with Crippen LogP contribution in [0.2, 0.25) is 0 Å². The van der Waals surface area contributed by atoms with Crippen LogP contribution in [0.1, 0.15) is 40.0 Å². The van der Waals surface area contributed by atoms with Crippen molar-refractivity contribution in [3.05, 3.63) is 0 Å². The maximum Gasteiger partial charge on any atom is 0.325 e. The molecule has 13 heteroatoms. The van der Waals surface area contributed by atoms with Crippen LogP contribution in [0.15, 0.2) is 4.99 Å². The van der Waals surface area contributed by atoms with E-state index in [4.69, 9.17) is 22.3 Å². The predicted octanol–water partition coefficient (Wildman–Crippen LogP) is -1.66. The Morgan fingerprint density at radius 2 is 1.59 bits per heavy atom. The molecular formula is C19H37N7O5S. The first-order valence-electron chi connectivity index (χ1n) is 10.3. The van der Waals surface area contributed by atoms with Crippen molar-refractivity contribution in [3.63, 3.8) is 0 Å². The van der Waals surface area contributed by atoms with E-state index in [0.29, 0.717) is 31.6 Å². The summed E-state index contributed by atoms with van der Waals surface area (Å²) in [6.07, 6.45) is 2.96. The molecular weight excluding hydrogens is 438 g/mol. The van der Waals surface area contributed by atoms with Crippen molar-refractivity contribution in [1.82, 2.24) is 16.0 Å². The van der Waals surface area contributed by atoms with Gasteiger partial charge in [0.25, 0.3) is 0 Å². The molecule has 0 aliphatic rings. The third kappa shape index (κ3) is 11.7. The number of nitrogens with zero attached hydrogens (tertiary/aromatic N) is 1. The number of carboxylic acids is 1. The number of guanidine groups is 1. The topological polar surface area (TPSA) is 215 Å². The number of thioether (sulfide) groups is 1. The molecule has 0 saturated carbocycles. The Balaban J connectivity index is 5.10. The van der Waals surface area contributed by atoms with Crippen molar-refractivity contribution in [2.24, 2.45) is 28.1 Å². The van der Waals surface area contributed by atoms with E-state index in [1.807, 2.05) is 6.26 Å². The summed E-state index contributed by atoms with van der Waals surface area (Å²) in [5, 5.41) is 16.6. The zero-order valence-electron chi connectivity index (χ0n) is 19.1. The first kappa shape index (κ1) is 29.5. The zero-order valence-corrected chi connectivity index (χ0v) is 19.9. The molecule has 0 aliphatic heterocycles. The Hall–Kier alpha value is -2.54. The molecule has 0 aromatic rings. The molecule has 0 bridgehead atoms. The minimum absolute atomic E-state index is 0.0441. The lowest BCUT2D eigenvalue weighted by Crippen LogP contribution is -2.58. The molecule has 4 atom stereocenters. The summed E-state index contributed by atoms with van der Waals surface area (Å²) in [5.74, 6) is -2.60. The van der Waals surface area contributed by atoms with Crippen LogP contribution in [0.25, 0.3) is 0 Å². The van der Waals surface area contributed by atoms with E-state index >= 15 is 0 Å². The number of carbonyl (C=O) groups excluding carboxylic acids is 3. The average molecular weight is 476 g/mol. The van der Waals surface area contributed by atoms with Crippen LogP contribution in [-0.4, -0.2) is 77.5 Å². The number of hydrogen-bond acceptors (Lipinski definition) is 7. The van der Waals surface area contributed by atoms with Crippen LogP contribution in [0, 0.1) is 5.92 Å². The van der Waals surface area contributed by atoms with Gasteiger partial charge in [-0.15, -0.1) is 0 Å². The molecule has 0 saturated heterocycles. The highest BCUT2D eigenvalue weighted by Gasteiger charge is 2.30. The first-order valence-corrected chi connectivity index (χ1v) is 11.7. The highest BCUT2D eigenvalue weighted by Crippen LogP contribution is 2.07. The summed E-state index contributed by atoms with van der Waals surface area (Å²) >= 11 is 1.48. The van der Waals surface area contributed by atoms with Crippen LogP contribution in [0.5, 0.6) is 0 Å². The lowest BCUT2D eigenvalue weighted by molar-refractivity contribution is -0.141. The summed E-state index contributed by atoms with van der Waals surface area (Å²) in [7, 11) is 0. The molecule has 0 heterocycles.